The zero-order valence-electron chi connectivity index (χ0n) is 14.4. The lowest BCUT2D eigenvalue weighted by Crippen LogP contribution is -3.00. The summed E-state index contributed by atoms with van der Waals surface area (Å²) in [6.07, 6.45) is 7.61. The van der Waals surface area contributed by atoms with E-state index in [4.69, 9.17) is 4.74 Å². The van der Waals surface area contributed by atoms with Gasteiger partial charge in [0.15, 0.2) is 12.4 Å². The number of ether oxygens (including phenoxy) is 1. The number of rotatable bonds is 9. The van der Waals surface area contributed by atoms with E-state index >= 15 is 0 Å². The van der Waals surface area contributed by atoms with E-state index in [1.165, 1.54) is 12.8 Å². The highest BCUT2D eigenvalue weighted by atomic mass is 35.5. The summed E-state index contributed by atoms with van der Waals surface area (Å²) < 4.78 is 9.58. The Morgan fingerprint density at radius 3 is 2.92 bits per heavy atom. The number of hydrogen-bond acceptors (Lipinski definition) is 4. The number of fused-ring (bicyclic) bond motifs is 1. The van der Waals surface area contributed by atoms with Crippen molar-refractivity contribution in [3.63, 3.8) is 0 Å². The first-order valence-corrected chi connectivity index (χ1v) is 8.46. The molecule has 7 heteroatoms. The van der Waals surface area contributed by atoms with Gasteiger partial charge in [0, 0.05) is 6.07 Å². The molecule has 2 aromatic heterocycles. The Kier molecular flexibility index (Phi) is 7.63. The molecular weight excluding hydrogens is 338 g/mol. The van der Waals surface area contributed by atoms with E-state index in [1.54, 1.807) is 0 Å². The number of para-hydroxylation sites is 1. The number of anilines is 1. The monoisotopic (exact) mass is 361 g/mol. The highest BCUT2D eigenvalue weighted by molar-refractivity contribution is 5.73. The van der Waals surface area contributed by atoms with Crippen LogP contribution in [-0.4, -0.2) is 21.6 Å². The van der Waals surface area contributed by atoms with Gasteiger partial charge >= 0.3 is 0 Å². The molecule has 0 aliphatic rings. The predicted molar refractivity (Wildman–Crippen MR) is 93.3 cm³/mol. The Morgan fingerprint density at radius 2 is 2.04 bits per heavy atom. The number of nitrogens with one attached hydrogen (secondary N) is 1. The number of halogens is 1. The fraction of sp³-hybridized carbons (Fsp3) is 0.389. The van der Waals surface area contributed by atoms with E-state index in [9.17, 15) is 0 Å². The fourth-order valence-electron chi connectivity index (χ4n) is 2.53. The highest BCUT2D eigenvalue weighted by Gasteiger charge is 2.05. The van der Waals surface area contributed by atoms with Crippen LogP contribution in [0.4, 0.5) is 5.69 Å². The van der Waals surface area contributed by atoms with Crippen molar-refractivity contribution in [2.24, 2.45) is 0 Å². The van der Waals surface area contributed by atoms with Gasteiger partial charge in [-0.1, -0.05) is 37.1 Å². The molecule has 1 N–H and O–H groups in total. The number of aromatic nitrogens is 4. The topological polar surface area (TPSA) is 55.9 Å². The SMILES string of the molecule is CCCCCOC[n+]1cccc(NCn2nnc3ccccc32)c1.[Cl-]. The highest BCUT2D eigenvalue weighted by Crippen LogP contribution is 2.10. The molecule has 0 unspecified atom stereocenters. The molecule has 0 atom stereocenters. The molecule has 0 saturated carbocycles. The largest absolute Gasteiger partial charge is 1.00 e. The summed E-state index contributed by atoms with van der Waals surface area (Å²) >= 11 is 0. The first-order valence-electron chi connectivity index (χ1n) is 8.46. The van der Waals surface area contributed by atoms with Gasteiger partial charge in [-0.3, -0.25) is 0 Å². The lowest BCUT2D eigenvalue weighted by Gasteiger charge is -2.06. The molecule has 0 fully saturated rings. The van der Waals surface area contributed by atoms with Crippen LogP contribution in [0.15, 0.2) is 48.8 Å². The van der Waals surface area contributed by atoms with Crippen LogP contribution in [0, 0.1) is 0 Å². The fourth-order valence-corrected chi connectivity index (χ4v) is 2.53. The van der Waals surface area contributed by atoms with E-state index in [2.05, 4.69) is 22.6 Å². The molecule has 3 aromatic rings. The molecule has 6 nitrogen and oxygen atoms in total. The molecule has 1 aromatic carbocycles. The molecule has 134 valence electrons. The van der Waals surface area contributed by atoms with E-state index in [-0.39, 0.29) is 12.4 Å². The molecule has 0 aliphatic carbocycles. The summed E-state index contributed by atoms with van der Waals surface area (Å²) in [6.45, 7) is 4.15. The molecule has 0 saturated heterocycles. The van der Waals surface area contributed by atoms with Gasteiger partial charge < -0.3 is 22.5 Å². The Hall–Kier alpha value is -2.18. The minimum Gasteiger partial charge on any atom is -1.00 e. The molecule has 0 bridgehead atoms. The zero-order chi connectivity index (χ0) is 16.6. The molecule has 0 aliphatic heterocycles. The standard InChI is InChI=1S/C18H24N5O.ClH/c1-2-3-6-12-24-15-22-11-7-8-16(13-22)19-14-23-18-10-5-4-9-17(18)20-21-23;/h4-5,7-11,13,19H,2-3,6,12,14-15H2,1H3;1H/q+1;/p-1. The summed E-state index contributed by atoms with van der Waals surface area (Å²) in [7, 11) is 0. The quantitative estimate of drug-likeness (QED) is 0.429. The second-order valence-corrected chi connectivity index (χ2v) is 5.76. The van der Waals surface area contributed by atoms with Gasteiger partial charge in [0.2, 0.25) is 0 Å². The minimum absolute atomic E-state index is 0. The lowest BCUT2D eigenvalue weighted by molar-refractivity contribution is -0.732. The first-order chi connectivity index (χ1) is 11.9. The average Bonchev–Trinajstić information content (AvgIpc) is 3.03. The van der Waals surface area contributed by atoms with Crippen molar-refractivity contribution in [1.29, 1.82) is 0 Å². The van der Waals surface area contributed by atoms with E-state index in [0.717, 1.165) is 29.7 Å². The van der Waals surface area contributed by atoms with Crippen molar-refractivity contribution in [3.05, 3.63) is 48.8 Å². The van der Waals surface area contributed by atoms with Gasteiger partial charge in [0.1, 0.15) is 17.9 Å². The molecule has 0 amide bonds. The lowest BCUT2D eigenvalue weighted by atomic mass is 10.3. The van der Waals surface area contributed by atoms with Crippen LogP contribution < -0.4 is 22.3 Å². The maximum atomic E-state index is 5.69. The molecule has 25 heavy (non-hydrogen) atoms. The van der Waals surface area contributed by atoms with Crippen molar-refractivity contribution in [2.75, 3.05) is 11.9 Å². The average molecular weight is 362 g/mol. The van der Waals surface area contributed by atoms with Crippen LogP contribution in [0.3, 0.4) is 0 Å². The number of nitrogens with zero attached hydrogens (tertiary/aromatic N) is 4. The zero-order valence-corrected chi connectivity index (χ0v) is 15.2. The first kappa shape index (κ1) is 19.1. The third kappa shape index (κ3) is 5.41. The van der Waals surface area contributed by atoms with Gasteiger partial charge in [0.05, 0.1) is 12.1 Å². The van der Waals surface area contributed by atoms with Crippen LogP contribution in [0.1, 0.15) is 26.2 Å². The summed E-state index contributed by atoms with van der Waals surface area (Å²) in [5.74, 6) is 0. The minimum atomic E-state index is 0. The van der Waals surface area contributed by atoms with E-state index in [1.807, 2.05) is 58.0 Å². The van der Waals surface area contributed by atoms with Crippen LogP contribution in [0.2, 0.25) is 0 Å². The van der Waals surface area contributed by atoms with Crippen molar-refractivity contribution in [1.82, 2.24) is 15.0 Å². The number of pyridine rings is 1. The summed E-state index contributed by atoms with van der Waals surface area (Å²) in [5.41, 5.74) is 2.95. The van der Waals surface area contributed by atoms with Gasteiger partial charge in [-0.2, -0.15) is 4.57 Å². The van der Waals surface area contributed by atoms with Crippen LogP contribution in [0.25, 0.3) is 11.0 Å². The van der Waals surface area contributed by atoms with Gasteiger partial charge in [-0.15, -0.1) is 5.10 Å². The predicted octanol–water partition coefficient (Wildman–Crippen LogP) is -0.0433. The summed E-state index contributed by atoms with van der Waals surface area (Å²) in [4.78, 5) is 0. The van der Waals surface area contributed by atoms with Crippen molar-refractivity contribution < 1.29 is 21.7 Å². The van der Waals surface area contributed by atoms with Gasteiger partial charge in [-0.25, -0.2) is 4.68 Å². The third-order valence-corrected chi connectivity index (χ3v) is 3.84. The second-order valence-electron chi connectivity index (χ2n) is 5.76. The smallest absolute Gasteiger partial charge is 0.252 e. The molecule has 0 radical (unpaired) electrons. The van der Waals surface area contributed by atoms with Crippen LogP contribution in [-0.2, 0) is 18.1 Å². The van der Waals surface area contributed by atoms with Crippen molar-refractivity contribution in [2.45, 2.75) is 39.6 Å². The normalized spacial score (nSPS) is 10.6. The maximum Gasteiger partial charge on any atom is 0.252 e. The van der Waals surface area contributed by atoms with Gasteiger partial charge in [-0.05, 0) is 24.6 Å². The third-order valence-electron chi connectivity index (χ3n) is 3.84. The molecular formula is C18H24ClN5O. The Labute approximate surface area is 154 Å². The Balaban J connectivity index is 0.00000225. The van der Waals surface area contributed by atoms with Crippen molar-refractivity contribution >= 4 is 16.7 Å². The van der Waals surface area contributed by atoms with Crippen molar-refractivity contribution in [3.8, 4) is 0 Å². The number of unbranched alkanes of at least 4 members (excludes halogenated alkanes) is 2. The number of benzene rings is 1. The number of hydrogen-bond donors (Lipinski definition) is 1. The maximum absolute atomic E-state index is 5.69. The van der Waals surface area contributed by atoms with Crippen LogP contribution in [0.5, 0.6) is 0 Å². The van der Waals surface area contributed by atoms with E-state index in [0.29, 0.717) is 13.4 Å². The Bertz CT molecular complexity index is 777. The molecule has 0 spiro atoms. The summed E-state index contributed by atoms with van der Waals surface area (Å²) in [6, 6.07) is 12.0. The molecule has 2 heterocycles. The molecule has 3 rings (SSSR count). The summed E-state index contributed by atoms with van der Waals surface area (Å²) in [5, 5.41) is 11.7. The second kappa shape index (κ2) is 9.96. The van der Waals surface area contributed by atoms with Crippen LogP contribution >= 0.6 is 0 Å². The Morgan fingerprint density at radius 1 is 1.16 bits per heavy atom. The van der Waals surface area contributed by atoms with E-state index < -0.39 is 0 Å². The van der Waals surface area contributed by atoms with Gasteiger partial charge in [0.25, 0.3) is 6.73 Å².